The molecule has 2 aromatic heterocycles. The van der Waals surface area contributed by atoms with Crippen molar-refractivity contribution in [2.24, 2.45) is 0 Å². The molecular formula is C26H24F3N5. The van der Waals surface area contributed by atoms with Crippen LogP contribution in [0.2, 0.25) is 0 Å². The van der Waals surface area contributed by atoms with Crippen LogP contribution in [-0.4, -0.2) is 57.8 Å². The van der Waals surface area contributed by atoms with Crippen LogP contribution < -0.4 is 0 Å². The van der Waals surface area contributed by atoms with Gasteiger partial charge in [0.25, 0.3) is 0 Å². The number of benzene rings is 2. The second kappa shape index (κ2) is 9.40. The van der Waals surface area contributed by atoms with Crippen molar-refractivity contribution in [1.82, 2.24) is 24.6 Å². The van der Waals surface area contributed by atoms with Gasteiger partial charge in [0.2, 0.25) is 0 Å². The standard InChI is InChI=1S/C26H24F3N5/c1-32-10-12-33(13-11-32)17-18-15-31-34(26(18)21-4-2-3-5-23(21)28)20-7-9-25(30-16-20)22-14-19(27)6-8-24(22)29/h2-9,14-16H,10-13,17H2,1H3. The van der Waals surface area contributed by atoms with Crippen LogP contribution in [0.3, 0.4) is 0 Å². The Morgan fingerprint density at radius 3 is 2.32 bits per heavy atom. The zero-order valence-electron chi connectivity index (χ0n) is 18.8. The zero-order valence-corrected chi connectivity index (χ0v) is 18.8. The summed E-state index contributed by atoms with van der Waals surface area (Å²) in [6.45, 7) is 4.45. The first-order valence-electron chi connectivity index (χ1n) is 11.1. The summed E-state index contributed by atoms with van der Waals surface area (Å²) in [7, 11) is 2.10. The highest BCUT2D eigenvalue weighted by molar-refractivity contribution is 5.67. The number of halogens is 3. The SMILES string of the molecule is CN1CCN(Cc2cnn(-c3ccc(-c4cc(F)ccc4F)nc3)c2-c2ccccc2F)CC1. The van der Waals surface area contributed by atoms with E-state index in [9.17, 15) is 13.2 Å². The summed E-state index contributed by atoms with van der Waals surface area (Å²) in [6, 6.07) is 13.2. The molecule has 3 heterocycles. The average Bonchev–Trinajstić information content (AvgIpc) is 3.25. The topological polar surface area (TPSA) is 37.2 Å². The molecule has 4 aromatic rings. The fourth-order valence-corrected chi connectivity index (χ4v) is 4.25. The van der Waals surface area contributed by atoms with Crippen LogP contribution in [0.5, 0.6) is 0 Å². The van der Waals surface area contributed by atoms with Gasteiger partial charge in [-0.1, -0.05) is 12.1 Å². The van der Waals surface area contributed by atoms with Crippen molar-refractivity contribution >= 4 is 0 Å². The summed E-state index contributed by atoms with van der Waals surface area (Å²) in [6.07, 6.45) is 3.30. The lowest BCUT2D eigenvalue weighted by Gasteiger charge is -2.32. The maximum absolute atomic E-state index is 14.9. The largest absolute Gasteiger partial charge is 0.304 e. The fourth-order valence-electron chi connectivity index (χ4n) is 4.25. The Bertz CT molecular complexity index is 1290. The van der Waals surface area contributed by atoms with E-state index in [-0.39, 0.29) is 11.4 Å². The quantitative estimate of drug-likeness (QED) is 0.428. The van der Waals surface area contributed by atoms with E-state index in [0.717, 1.165) is 49.9 Å². The first-order valence-corrected chi connectivity index (χ1v) is 11.1. The van der Waals surface area contributed by atoms with E-state index >= 15 is 0 Å². The number of aromatic nitrogens is 3. The van der Waals surface area contributed by atoms with Crippen LogP contribution in [0.4, 0.5) is 13.2 Å². The van der Waals surface area contributed by atoms with Gasteiger partial charge in [0.05, 0.1) is 29.5 Å². The van der Waals surface area contributed by atoms with Gasteiger partial charge in [-0.3, -0.25) is 9.88 Å². The summed E-state index contributed by atoms with van der Waals surface area (Å²) in [5.74, 6) is -1.43. The molecule has 1 aliphatic heterocycles. The van der Waals surface area contributed by atoms with E-state index in [2.05, 4.69) is 26.9 Å². The van der Waals surface area contributed by atoms with Crippen molar-refractivity contribution < 1.29 is 13.2 Å². The van der Waals surface area contributed by atoms with Crippen molar-refractivity contribution in [3.05, 3.63) is 90.0 Å². The third-order valence-corrected chi connectivity index (χ3v) is 6.16. The number of hydrogen-bond donors (Lipinski definition) is 0. The minimum atomic E-state index is -0.553. The molecule has 5 rings (SSSR count). The Hall–Kier alpha value is -3.49. The van der Waals surface area contributed by atoms with Gasteiger partial charge >= 0.3 is 0 Å². The zero-order chi connectivity index (χ0) is 23.7. The van der Waals surface area contributed by atoms with Crippen molar-refractivity contribution in [1.29, 1.82) is 0 Å². The third-order valence-electron chi connectivity index (χ3n) is 6.16. The van der Waals surface area contributed by atoms with Crippen LogP contribution in [0.15, 0.2) is 67.0 Å². The Morgan fingerprint density at radius 2 is 1.59 bits per heavy atom. The average molecular weight is 464 g/mol. The lowest BCUT2D eigenvalue weighted by atomic mass is 10.1. The summed E-state index contributed by atoms with van der Waals surface area (Å²) in [5.41, 5.74) is 3.00. The summed E-state index contributed by atoms with van der Waals surface area (Å²) in [5, 5.41) is 4.56. The van der Waals surface area contributed by atoms with Crippen molar-refractivity contribution in [2.75, 3.05) is 33.2 Å². The number of pyridine rings is 1. The lowest BCUT2D eigenvalue weighted by molar-refractivity contribution is 0.148. The molecule has 0 bridgehead atoms. The van der Waals surface area contributed by atoms with Crippen LogP contribution in [0.1, 0.15) is 5.56 Å². The molecule has 0 amide bonds. The van der Waals surface area contributed by atoms with Crippen LogP contribution in [0, 0.1) is 17.5 Å². The smallest absolute Gasteiger partial charge is 0.132 e. The summed E-state index contributed by atoms with van der Waals surface area (Å²) < 4.78 is 44.3. The Balaban J connectivity index is 1.53. The van der Waals surface area contributed by atoms with Gasteiger partial charge in [-0.15, -0.1) is 0 Å². The molecule has 1 aliphatic rings. The summed E-state index contributed by atoms with van der Waals surface area (Å²) in [4.78, 5) is 8.96. The molecule has 0 atom stereocenters. The number of likely N-dealkylation sites (N-methyl/N-ethyl adjacent to an activating group) is 1. The molecule has 0 aliphatic carbocycles. The molecule has 0 N–H and O–H groups in total. The Kier molecular flexibility index (Phi) is 6.17. The van der Waals surface area contributed by atoms with E-state index in [1.807, 2.05) is 0 Å². The minimum absolute atomic E-state index is 0.0806. The molecular weight excluding hydrogens is 439 g/mol. The minimum Gasteiger partial charge on any atom is -0.304 e. The van der Waals surface area contributed by atoms with Gasteiger partial charge in [-0.25, -0.2) is 17.9 Å². The molecule has 8 heteroatoms. The predicted octanol–water partition coefficient (Wildman–Crippen LogP) is 4.77. The second-order valence-corrected chi connectivity index (χ2v) is 8.52. The van der Waals surface area contributed by atoms with Gasteiger partial charge in [0.1, 0.15) is 17.5 Å². The number of nitrogens with zero attached hydrogens (tertiary/aromatic N) is 5. The van der Waals surface area contributed by atoms with E-state index in [4.69, 9.17) is 0 Å². The first kappa shape index (κ1) is 22.3. The highest BCUT2D eigenvalue weighted by atomic mass is 19.1. The molecule has 0 saturated carbocycles. The van der Waals surface area contributed by atoms with Gasteiger partial charge in [0.15, 0.2) is 0 Å². The van der Waals surface area contributed by atoms with Crippen LogP contribution in [-0.2, 0) is 6.54 Å². The number of hydrogen-bond acceptors (Lipinski definition) is 4. The number of rotatable bonds is 5. The van der Waals surface area contributed by atoms with Gasteiger partial charge in [0, 0.05) is 49.4 Å². The molecule has 5 nitrogen and oxygen atoms in total. The fraction of sp³-hybridized carbons (Fsp3) is 0.231. The molecule has 2 aromatic carbocycles. The molecule has 1 fully saturated rings. The lowest BCUT2D eigenvalue weighted by Crippen LogP contribution is -2.43. The van der Waals surface area contributed by atoms with E-state index in [1.54, 1.807) is 41.2 Å². The maximum atomic E-state index is 14.9. The molecule has 34 heavy (non-hydrogen) atoms. The Morgan fingerprint density at radius 1 is 0.824 bits per heavy atom. The highest BCUT2D eigenvalue weighted by Gasteiger charge is 2.21. The summed E-state index contributed by atoms with van der Waals surface area (Å²) >= 11 is 0. The van der Waals surface area contributed by atoms with E-state index in [0.29, 0.717) is 29.2 Å². The predicted molar refractivity (Wildman–Crippen MR) is 125 cm³/mol. The Labute approximate surface area is 196 Å². The van der Waals surface area contributed by atoms with Crippen molar-refractivity contribution in [3.63, 3.8) is 0 Å². The number of piperazine rings is 1. The van der Waals surface area contributed by atoms with E-state index < -0.39 is 11.6 Å². The highest BCUT2D eigenvalue weighted by Crippen LogP contribution is 2.30. The maximum Gasteiger partial charge on any atom is 0.132 e. The monoisotopic (exact) mass is 463 g/mol. The molecule has 1 saturated heterocycles. The normalized spacial score (nSPS) is 15.1. The van der Waals surface area contributed by atoms with Crippen molar-refractivity contribution in [2.45, 2.75) is 6.54 Å². The molecule has 0 spiro atoms. The first-order chi connectivity index (χ1) is 16.5. The van der Waals surface area contributed by atoms with Crippen LogP contribution in [0.25, 0.3) is 28.2 Å². The third kappa shape index (κ3) is 4.47. The molecule has 0 radical (unpaired) electrons. The molecule has 174 valence electrons. The van der Waals surface area contributed by atoms with Gasteiger partial charge in [-0.2, -0.15) is 5.10 Å². The molecule has 0 unspecified atom stereocenters. The van der Waals surface area contributed by atoms with E-state index in [1.165, 1.54) is 12.3 Å². The van der Waals surface area contributed by atoms with Gasteiger partial charge in [-0.05, 0) is 49.5 Å². The second-order valence-electron chi connectivity index (χ2n) is 8.52. The van der Waals surface area contributed by atoms with Gasteiger partial charge < -0.3 is 4.90 Å². The van der Waals surface area contributed by atoms with Crippen molar-refractivity contribution in [3.8, 4) is 28.2 Å². The van der Waals surface area contributed by atoms with Crippen LogP contribution >= 0.6 is 0 Å².